The summed E-state index contributed by atoms with van der Waals surface area (Å²) < 4.78 is 7.07. The number of anilines is 1. The van der Waals surface area contributed by atoms with Gasteiger partial charge in [-0.1, -0.05) is 79.8 Å². The van der Waals surface area contributed by atoms with Crippen molar-refractivity contribution in [2.24, 2.45) is 5.92 Å². The SMILES string of the molecule is C=CCn1c(CCC2CCCCC2)nnc1SCC(=O)Nc1scc(-c2ccc(C)cc2)c1C(=O)OC. The first-order chi connectivity index (χ1) is 18.0. The van der Waals surface area contributed by atoms with Crippen LogP contribution in [-0.2, 0) is 22.5 Å². The van der Waals surface area contributed by atoms with Gasteiger partial charge in [0.1, 0.15) is 16.4 Å². The Morgan fingerprint density at radius 3 is 2.68 bits per heavy atom. The Morgan fingerprint density at radius 2 is 1.97 bits per heavy atom. The summed E-state index contributed by atoms with van der Waals surface area (Å²) in [6, 6.07) is 7.91. The predicted octanol–water partition coefficient (Wildman–Crippen LogP) is 6.53. The number of hydrogen-bond donors (Lipinski definition) is 1. The Kier molecular flexibility index (Phi) is 9.57. The lowest BCUT2D eigenvalue weighted by Crippen LogP contribution is -2.16. The zero-order valence-corrected chi connectivity index (χ0v) is 23.1. The molecule has 1 aliphatic rings. The molecule has 0 unspecified atom stereocenters. The summed E-state index contributed by atoms with van der Waals surface area (Å²) in [5, 5.41) is 14.8. The molecule has 3 aromatic rings. The van der Waals surface area contributed by atoms with E-state index >= 15 is 0 Å². The van der Waals surface area contributed by atoms with Crippen LogP contribution in [0, 0.1) is 12.8 Å². The van der Waals surface area contributed by atoms with E-state index < -0.39 is 5.97 Å². The monoisotopic (exact) mass is 538 g/mol. The minimum atomic E-state index is -0.479. The maximum absolute atomic E-state index is 12.9. The summed E-state index contributed by atoms with van der Waals surface area (Å²) in [5.74, 6) is 1.17. The number of aromatic nitrogens is 3. The molecule has 0 aliphatic heterocycles. The van der Waals surface area contributed by atoms with Crippen LogP contribution in [0.1, 0.15) is 60.3 Å². The van der Waals surface area contributed by atoms with E-state index in [-0.39, 0.29) is 11.7 Å². The van der Waals surface area contributed by atoms with Gasteiger partial charge in [-0.2, -0.15) is 0 Å². The molecule has 0 bridgehead atoms. The Balaban J connectivity index is 1.42. The van der Waals surface area contributed by atoms with Crippen molar-refractivity contribution < 1.29 is 14.3 Å². The number of rotatable bonds is 11. The summed E-state index contributed by atoms with van der Waals surface area (Å²) in [4.78, 5) is 25.5. The van der Waals surface area contributed by atoms with Crippen LogP contribution in [0.2, 0.25) is 0 Å². The van der Waals surface area contributed by atoms with Crippen molar-refractivity contribution in [1.29, 1.82) is 0 Å². The Bertz CT molecular complexity index is 1230. The van der Waals surface area contributed by atoms with E-state index in [4.69, 9.17) is 4.74 Å². The Labute approximate surface area is 226 Å². The van der Waals surface area contributed by atoms with Crippen molar-refractivity contribution in [1.82, 2.24) is 14.8 Å². The van der Waals surface area contributed by atoms with Gasteiger partial charge in [0.15, 0.2) is 5.16 Å². The van der Waals surface area contributed by atoms with Gasteiger partial charge in [0.2, 0.25) is 5.91 Å². The van der Waals surface area contributed by atoms with Crippen molar-refractivity contribution in [2.75, 3.05) is 18.2 Å². The van der Waals surface area contributed by atoms with Crippen molar-refractivity contribution >= 4 is 40.0 Å². The zero-order chi connectivity index (χ0) is 26.2. The smallest absolute Gasteiger partial charge is 0.341 e. The molecule has 37 heavy (non-hydrogen) atoms. The average Bonchev–Trinajstić information content (AvgIpc) is 3.51. The first-order valence-electron chi connectivity index (χ1n) is 12.7. The highest BCUT2D eigenvalue weighted by Gasteiger charge is 2.23. The van der Waals surface area contributed by atoms with E-state index in [1.807, 2.05) is 47.2 Å². The highest BCUT2D eigenvalue weighted by molar-refractivity contribution is 7.99. The van der Waals surface area contributed by atoms with Gasteiger partial charge in [0.25, 0.3) is 0 Å². The minimum absolute atomic E-state index is 0.149. The van der Waals surface area contributed by atoms with Gasteiger partial charge < -0.3 is 14.6 Å². The van der Waals surface area contributed by atoms with E-state index in [1.54, 1.807) is 0 Å². The second-order valence-corrected chi connectivity index (χ2v) is 11.2. The van der Waals surface area contributed by atoms with Crippen LogP contribution in [0.25, 0.3) is 11.1 Å². The van der Waals surface area contributed by atoms with Crippen molar-refractivity contribution in [2.45, 2.75) is 63.6 Å². The highest BCUT2D eigenvalue weighted by Crippen LogP contribution is 2.36. The molecule has 196 valence electrons. The largest absolute Gasteiger partial charge is 0.465 e. The molecule has 1 aromatic carbocycles. The van der Waals surface area contributed by atoms with Gasteiger partial charge in [-0.25, -0.2) is 4.79 Å². The minimum Gasteiger partial charge on any atom is -0.465 e. The number of nitrogens with zero attached hydrogens (tertiary/aromatic N) is 3. The third-order valence-corrected chi connectivity index (χ3v) is 8.60. The summed E-state index contributed by atoms with van der Waals surface area (Å²) in [7, 11) is 1.35. The second-order valence-electron chi connectivity index (χ2n) is 9.39. The third-order valence-electron chi connectivity index (χ3n) is 6.73. The molecule has 0 saturated heterocycles. The quantitative estimate of drug-likeness (QED) is 0.170. The van der Waals surface area contributed by atoms with Crippen LogP contribution >= 0.6 is 23.1 Å². The first-order valence-corrected chi connectivity index (χ1v) is 14.6. The number of carbonyl (C=O) groups is 2. The standard InChI is InChI=1S/C28H34N4O3S2/c1-4-16-32-23(15-12-20-8-6-5-7-9-20)30-31-28(32)37-18-24(33)29-26-25(27(34)35-3)22(17-36-26)21-13-10-19(2)11-14-21/h4,10-11,13-14,17,20H,1,5-9,12,15-16,18H2,2-3H3,(H,29,33). The van der Waals surface area contributed by atoms with Crippen molar-refractivity contribution in [3.8, 4) is 11.1 Å². The molecule has 2 heterocycles. The van der Waals surface area contributed by atoms with Crippen molar-refractivity contribution in [3.63, 3.8) is 0 Å². The molecule has 1 fully saturated rings. The normalized spacial score (nSPS) is 13.9. The number of amides is 1. The molecule has 7 nitrogen and oxygen atoms in total. The van der Waals surface area contributed by atoms with Crippen LogP contribution < -0.4 is 5.32 Å². The number of thioether (sulfide) groups is 1. The summed E-state index contributed by atoms with van der Waals surface area (Å²) in [5.41, 5.74) is 3.14. The molecule has 4 rings (SSSR count). The van der Waals surface area contributed by atoms with Gasteiger partial charge in [-0.05, 0) is 24.8 Å². The second kappa shape index (κ2) is 13.1. The molecule has 1 amide bonds. The lowest BCUT2D eigenvalue weighted by Gasteiger charge is -2.21. The summed E-state index contributed by atoms with van der Waals surface area (Å²) >= 11 is 2.66. The number of ether oxygens (including phenoxy) is 1. The van der Waals surface area contributed by atoms with Crippen LogP contribution in [0.3, 0.4) is 0 Å². The fraction of sp³-hybridized carbons (Fsp3) is 0.429. The molecule has 2 aromatic heterocycles. The number of benzene rings is 1. The number of nitrogens with one attached hydrogen (secondary N) is 1. The third kappa shape index (κ3) is 6.90. The van der Waals surface area contributed by atoms with E-state index in [1.165, 1.54) is 62.3 Å². The molecule has 1 aliphatic carbocycles. The lowest BCUT2D eigenvalue weighted by molar-refractivity contribution is -0.113. The number of methoxy groups -OCH3 is 1. The Morgan fingerprint density at radius 1 is 1.22 bits per heavy atom. The summed E-state index contributed by atoms with van der Waals surface area (Å²) in [6.45, 7) is 6.49. The van der Waals surface area contributed by atoms with Gasteiger partial charge in [-0.3, -0.25) is 4.79 Å². The van der Waals surface area contributed by atoms with Gasteiger partial charge in [-0.15, -0.1) is 28.1 Å². The number of carbonyl (C=O) groups excluding carboxylic acids is 2. The highest BCUT2D eigenvalue weighted by atomic mass is 32.2. The van der Waals surface area contributed by atoms with E-state index in [0.717, 1.165) is 41.3 Å². The molecule has 0 spiro atoms. The van der Waals surface area contributed by atoms with Crippen LogP contribution in [-0.4, -0.2) is 39.5 Å². The van der Waals surface area contributed by atoms with Crippen LogP contribution in [0.15, 0.2) is 47.5 Å². The maximum atomic E-state index is 12.9. The fourth-order valence-corrected chi connectivity index (χ4v) is 6.47. The fourth-order valence-electron chi connectivity index (χ4n) is 4.73. The number of allylic oxidation sites excluding steroid dienone is 1. The number of esters is 1. The summed E-state index contributed by atoms with van der Waals surface area (Å²) in [6.07, 6.45) is 10.5. The van der Waals surface area contributed by atoms with Gasteiger partial charge in [0, 0.05) is 23.9 Å². The number of aryl methyl sites for hydroxylation is 2. The van der Waals surface area contributed by atoms with Crippen LogP contribution in [0.4, 0.5) is 5.00 Å². The van der Waals surface area contributed by atoms with Crippen molar-refractivity contribution in [3.05, 3.63) is 59.3 Å². The first kappa shape index (κ1) is 27.1. The molecular weight excluding hydrogens is 504 g/mol. The van der Waals surface area contributed by atoms with E-state index in [9.17, 15) is 9.59 Å². The topological polar surface area (TPSA) is 86.1 Å². The predicted molar refractivity (Wildman–Crippen MR) is 150 cm³/mol. The Hall–Kier alpha value is -2.91. The molecule has 0 atom stereocenters. The lowest BCUT2D eigenvalue weighted by atomic mass is 9.86. The molecule has 0 radical (unpaired) electrons. The molecule has 1 N–H and O–H groups in total. The maximum Gasteiger partial charge on any atom is 0.341 e. The molecule has 9 heteroatoms. The molecule has 1 saturated carbocycles. The number of thiophene rings is 1. The van der Waals surface area contributed by atoms with E-state index in [2.05, 4.69) is 22.1 Å². The van der Waals surface area contributed by atoms with Crippen LogP contribution in [0.5, 0.6) is 0 Å². The average molecular weight is 539 g/mol. The van der Waals surface area contributed by atoms with Gasteiger partial charge in [0.05, 0.1) is 12.9 Å². The molecular formula is C28H34N4O3S2. The van der Waals surface area contributed by atoms with Gasteiger partial charge >= 0.3 is 5.97 Å². The number of hydrogen-bond acceptors (Lipinski definition) is 7. The van der Waals surface area contributed by atoms with E-state index in [0.29, 0.717) is 22.3 Å². The zero-order valence-electron chi connectivity index (χ0n) is 21.5.